The smallest absolute Gasteiger partial charge is 0.462 e. The first-order valence-electron chi connectivity index (χ1n) is 35.1. The van der Waals surface area contributed by atoms with Gasteiger partial charge >= 0.3 is 19.8 Å². The van der Waals surface area contributed by atoms with Gasteiger partial charge in [0.15, 0.2) is 6.10 Å². The Morgan fingerprint density at radius 1 is 0.383 bits per heavy atom. The van der Waals surface area contributed by atoms with Crippen molar-refractivity contribution >= 4 is 19.8 Å². The highest BCUT2D eigenvalue weighted by molar-refractivity contribution is 7.47. The summed E-state index contributed by atoms with van der Waals surface area (Å²) < 4.78 is 33.2. The molecule has 10 heteroatoms. The van der Waals surface area contributed by atoms with Crippen molar-refractivity contribution in [1.29, 1.82) is 0 Å². The van der Waals surface area contributed by atoms with E-state index in [2.05, 4.69) is 62.5 Å². The third-order valence-electron chi connectivity index (χ3n) is 15.7. The lowest BCUT2D eigenvalue weighted by Gasteiger charge is -2.19. The topological polar surface area (TPSA) is 134 Å². The molecule has 0 rings (SSSR count). The molecule has 3 N–H and O–H groups in total. The monoisotopic (exact) mass is 1160 g/mol. The predicted octanol–water partition coefficient (Wildman–Crippen LogP) is 22.9. The minimum absolute atomic E-state index is 0.0559. The van der Waals surface area contributed by atoms with Crippen LogP contribution in [0.25, 0.3) is 0 Å². The standard InChI is InChI=1S/C71H134NO8P/c1-3-5-7-9-11-13-15-17-19-21-23-25-27-29-31-32-33-34-35-36-38-40-42-44-46-48-50-52-54-56-58-60-62-64-71(74)80-69(68-79-81(75,76)78-66-65-72)67-77-70(73)63-61-59-57-55-53-51-49-47-45-43-41-39-37-30-28-26-24-22-20-18-16-14-12-10-8-6-4-2/h5,7,11,13,17,19,23,25,69H,3-4,6,8-10,12,14-16,18,20-22,24,26-68,72H2,1-2H3,(H,75,76)/b7-5-,13-11-,19-17-,25-23-. The zero-order valence-corrected chi connectivity index (χ0v) is 54.4. The van der Waals surface area contributed by atoms with Crippen molar-refractivity contribution in [2.45, 2.75) is 367 Å². The van der Waals surface area contributed by atoms with E-state index in [1.807, 2.05) is 0 Å². The molecule has 9 nitrogen and oxygen atoms in total. The average molecular weight is 1160 g/mol. The van der Waals surface area contributed by atoms with Gasteiger partial charge < -0.3 is 20.1 Å². The van der Waals surface area contributed by atoms with Gasteiger partial charge in [-0.1, -0.05) is 345 Å². The second-order valence-corrected chi connectivity index (χ2v) is 25.2. The summed E-state index contributed by atoms with van der Waals surface area (Å²) in [6.07, 6.45) is 85.0. The van der Waals surface area contributed by atoms with E-state index in [1.54, 1.807) is 0 Å². The SMILES string of the molecule is CC/C=C\C/C=C\C/C=C\C/C=C\CCCCCCCCCCCCCCCCCCCCCCC(=O)OC(COC(=O)CCCCCCCCCCCCCCCCCCCCCCCCCCCCC)COP(=O)(O)OCCN. The number of phosphoric ester groups is 1. The normalized spacial score (nSPS) is 13.2. The van der Waals surface area contributed by atoms with Crippen molar-refractivity contribution in [3.05, 3.63) is 48.6 Å². The number of esters is 2. The summed E-state index contributed by atoms with van der Waals surface area (Å²) in [7, 11) is -4.39. The number of phosphoric acid groups is 1. The first-order chi connectivity index (χ1) is 39.8. The molecule has 0 spiro atoms. The molecule has 0 aromatic heterocycles. The first kappa shape index (κ1) is 79.0. The molecule has 0 fully saturated rings. The van der Waals surface area contributed by atoms with Crippen LogP contribution in [0, 0.1) is 0 Å². The van der Waals surface area contributed by atoms with Crippen LogP contribution in [-0.2, 0) is 32.7 Å². The van der Waals surface area contributed by atoms with Crippen molar-refractivity contribution in [1.82, 2.24) is 0 Å². The molecule has 0 saturated heterocycles. The summed E-state index contributed by atoms with van der Waals surface area (Å²) in [4.78, 5) is 35.4. The zero-order valence-electron chi connectivity index (χ0n) is 53.5. The maximum absolute atomic E-state index is 12.8. The molecule has 81 heavy (non-hydrogen) atoms. The molecule has 2 atom stereocenters. The highest BCUT2D eigenvalue weighted by atomic mass is 31.2. The summed E-state index contributed by atoms with van der Waals surface area (Å²) in [6.45, 7) is 3.71. The lowest BCUT2D eigenvalue weighted by atomic mass is 10.0. The lowest BCUT2D eigenvalue weighted by molar-refractivity contribution is -0.161. The van der Waals surface area contributed by atoms with Crippen LogP contribution in [0.3, 0.4) is 0 Å². The van der Waals surface area contributed by atoms with E-state index in [-0.39, 0.29) is 38.6 Å². The van der Waals surface area contributed by atoms with Crippen LogP contribution < -0.4 is 5.73 Å². The van der Waals surface area contributed by atoms with E-state index in [4.69, 9.17) is 24.3 Å². The van der Waals surface area contributed by atoms with Gasteiger partial charge in [0, 0.05) is 19.4 Å². The summed E-state index contributed by atoms with van der Waals surface area (Å²) in [6, 6.07) is 0. The molecule has 476 valence electrons. The number of carbonyl (C=O) groups is 2. The molecule has 0 aliphatic heterocycles. The van der Waals surface area contributed by atoms with Gasteiger partial charge in [0.05, 0.1) is 13.2 Å². The van der Waals surface area contributed by atoms with E-state index in [1.165, 1.54) is 270 Å². The molecule has 0 aromatic rings. The average Bonchev–Trinajstić information content (AvgIpc) is 3.46. The Morgan fingerprint density at radius 3 is 1.01 bits per heavy atom. The number of allylic oxidation sites excluding steroid dienone is 8. The molecule has 0 aliphatic carbocycles. The van der Waals surface area contributed by atoms with Crippen LogP contribution >= 0.6 is 7.82 Å². The Bertz CT molecular complexity index is 1470. The lowest BCUT2D eigenvalue weighted by Crippen LogP contribution is -2.29. The van der Waals surface area contributed by atoms with Crippen molar-refractivity contribution in [3.63, 3.8) is 0 Å². The van der Waals surface area contributed by atoms with Gasteiger partial charge in [-0.2, -0.15) is 0 Å². The molecule has 0 aromatic carbocycles. The van der Waals surface area contributed by atoms with Gasteiger partial charge in [0.2, 0.25) is 0 Å². The number of unbranched alkanes of at least 4 members (excludes halogenated alkanes) is 46. The summed E-state index contributed by atoms with van der Waals surface area (Å²) in [5.41, 5.74) is 5.40. The van der Waals surface area contributed by atoms with Gasteiger partial charge in [-0.3, -0.25) is 18.6 Å². The molecule has 0 radical (unpaired) electrons. The van der Waals surface area contributed by atoms with E-state index >= 15 is 0 Å². The van der Waals surface area contributed by atoms with Gasteiger partial charge in [-0.05, 0) is 51.4 Å². The third-order valence-corrected chi connectivity index (χ3v) is 16.7. The van der Waals surface area contributed by atoms with E-state index in [0.717, 1.165) is 57.8 Å². The summed E-state index contributed by atoms with van der Waals surface area (Å²) in [5, 5.41) is 0. The fraction of sp³-hybridized carbons (Fsp3) is 0.859. The molecular formula is C71H134NO8P. The molecule has 0 saturated carbocycles. The van der Waals surface area contributed by atoms with Crippen molar-refractivity contribution in [2.75, 3.05) is 26.4 Å². The van der Waals surface area contributed by atoms with Crippen LogP contribution in [0.5, 0.6) is 0 Å². The Morgan fingerprint density at radius 2 is 0.679 bits per heavy atom. The maximum atomic E-state index is 12.8. The second-order valence-electron chi connectivity index (χ2n) is 23.7. The molecule has 2 unspecified atom stereocenters. The fourth-order valence-electron chi connectivity index (χ4n) is 10.6. The number of carbonyl (C=O) groups excluding carboxylic acids is 2. The zero-order chi connectivity index (χ0) is 58.7. The fourth-order valence-corrected chi connectivity index (χ4v) is 11.3. The van der Waals surface area contributed by atoms with E-state index in [9.17, 15) is 19.0 Å². The van der Waals surface area contributed by atoms with Crippen LogP contribution in [0.4, 0.5) is 0 Å². The van der Waals surface area contributed by atoms with Crippen molar-refractivity contribution in [2.24, 2.45) is 5.73 Å². The summed E-state index contributed by atoms with van der Waals surface area (Å²) >= 11 is 0. The molecule has 0 aliphatic rings. The Kier molecular flexibility index (Phi) is 65.4. The van der Waals surface area contributed by atoms with Crippen molar-refractivity contribution < 1.29 is 37.6 Å². The van der Waals surface area contributed by atoms with Gasteiger partial charge in [-0.15, -0.1) is 0 Å². The predicted molar refractivity (Wildman–Crippen MR) is 349 cm³/mol. The highest BCUT2D eigenvalue weighted by Gasteiger charge is 2.26. The van der Waals surface area contributed by atoms with Gasteiger partial charge in [0.1, 0.15) is 6.61 Å². The minimum Gasteiger partial charge on any atom is -0.462 e. The maximum Gasteiger partial charge on any atom is 0.472 e. The number of hydrogen-bond donors (Lipinski definition) is 2. The van der Waals surface area contributed by atoms with Gasteiger partial charge in [-0.25, -0.2) is 4.57 Å². The Balaban J connectivity index is 3.82. The quantitative estimate of drug-likeness (QED) is 0.0264. The highest BCUT2D eigenvalue weighted by Crippen LogP contribution is 2.43. The minimum atomic E-state index is -4.39. The number of ether oxygens (including phenoxy) is 2. The first-order valence-corrected chi connectivity index (χ1v) is 36.6. The molecule has 0 amide bonds. The third kappa shape index (κ3) is 67.0. The largest absolute Gasteiger partial charge is 0.472 e. The van der Waals surface area contributed by atoms with E-state index in [0.29, 0.717) is 6.42 Å². The van der Waals surface area contributed by atoms with Crippen LogP contribution in [-0.4, -0.2) is 49.3 Å². The summed E-state index contributed by atoms with van der Waals surface area (Å²) in [5.74, 6) is -0.805. The van der Waals surface area contributed by atoms with Crippen LogP contribution in [0.15, 0.2) is 48.6 Å². The van der Waals surface area contributed by atoms with Gasteiger partial charge in [0.25, 0.3) is 0 Å². The molecule has 0 heterocycles. The van der Waals surface area contributed by atoms with Crippen LogP contribution in [0.1, 0.15) is 361 Å². The Hall–Kier alpha value is -2.03. The molecular weight excluding hydrogens is 1030 g/mol. The van der Waals surface area contributed by atoms with Crippen LogP contribution in [0.2, 0.25) is 0 Å². The molecule has 0 bridgehead atoms. The van der Waals surface area contributed by atoms with E-state index < -0.39 is 26.5 Å². The number of hydrogen-bond acceptors (Lipinski definition) is 8. The second kappa shape index (κ2) is 67.1. The van der Waals surface area contributed by atoms with Crippen molar-refractivity contribution in [3.8, 4) is 0 Å². The Labute approximate surface area is 502 Å². The number of rotatable bonds is 67. The number of nitrogens with two attached hydrogens (primary N) is 1.